The zero-order chi connectivity index (χ0) is 17.7. The molecule has 2 rings (SSSR count). The van der Waals surface area contributed by atoms with E-state index in [0.717, 1.165) is 0 Å². The monoisotopic (exact) mass is 330 g/mol. The first-order valence-electron chi connectivity index (χ1n) is 7.96. The van der Waals surface area contributed by atoms with E-state index in [1.807, 2.05) is 13.8 Å². The van der Waals surface area contributed by atoms with Crippen molar-refractivity contribution >= 4 is 11.9 Å². The zero-order valence-electron chi connectivity index (χ0n) is 14.1. The van der Waals surface area contributed by atoms with Crippen molar-refractivity contribution in [3.8, 4) is 11.5 Å². The van der Waals surface area contributed by atoms with Gasteiger partial charge in [0.1, 0.15) is 5.69 Å². The largest absolute Gasteiger partial charge is 0.481 e. The van der Waals surface area contributed by atoms with Crippen molar-refractivity contribution in [2.45, 2.75) is 33.6 Å². The van der Waals surface area contributed by atoms with E-state index in [0.29, 0.717) is 35.6 Å². The van der Waals surface area contributed by atoms with E-state index in [1.54, 1.807) is 37.5 Å². The second-order valence-electron chi connectivity index (χ2n) is 5.78. The van der Waals surface area contributed by atoms with Crippen LogP contribution in [-0.2, 0) is 4.79 Å². The number of carboxylic acids is 1. The minimum absolute atomic E-state index is 0.0908. The van der Waals surface area contributed by atoms with Crippen molar-refractivity contribution in [2.75, 3.05) is 6.54 Å². The Balaban J connectivity index is 2.14. The van der Waals surface area contributed by atoms with Gasteiger partial charge in [-0.15, -0.1) is 0 Å². The summed E-state index contributed by atoms with van der Waals surface area (Å²) in [7, 11) is 0. The highest BCUT2D eigenvalue weighted by molar-refractivity contribution is 5.95. The van der Waals surface area contributed by atoms with Gasteiger partial charge in [0.2, 0.25) is 0 Å². The molecule has 0 bridgehead atoms. The molecule has 2 aromatic rings. The zero-order valence-corrected chi connectivity index (χ0v) is 14.1. The van der Waals surface area contributed by atoms with Crippen LogP contribution in [0.5, 0.6) is 0 Å². The SMILES string of the molecule is CCC(CC)(CNC(=O)c1ccc(-c2ccco2)nc1C)C(=O)O. The van der Waals surface area contributed by atoms with Gasteiger partial charge in [-0.3, -0.25) is 9.59 Å². The van der Waals surface area contributed by atoms with Crippen LogP contribution in [0.1, 0.15) is 42.7 Å². The predicted molar refractivity (Wildman–Crippen MR) is 89.7 cm³/mol. The van der Waals surface area contributed by atoms with E-state index in [-0.39, 0.29) is 12.5 Å². The fourth-order valence-corrected chi connectivity index (χ4v) is 2.59. The molecule has 24 heavy (non-hydrogen) atoms. The maximum Gasteiger partial charge on any atom is 0.311 e. The predicted octanol–water partition coefficient (Wildman–Crippen LogP) is 3.27. The van der Waals surface area contributed by atoms with Crippen LogP contribution in [0, 0.1) is 12.3 Å². The lowest BCUT2D eigenvalue weighted by atomic mass is 9.82. The number of furan rings is 1. The van der Waals surface area contributed by atoms with Crippen molar-refractivity contribution in [1.82, 2.24) is 10.3 Å². The van der Waals surface area contributed by atoms with Gasteiger partial charge in [0, 0.05) is 6.54 Å². The number of aliphatic carboxylic acids is 1. The van der Waals surface area contributed by atoms with Crippen molar-refractivity contribution in [3.05, 3.63) is 41.8 Å². The van der Waals surface area contributed by atoms with Gasteiger partial charge in [-0.1, -0.05) is 13.8 Å². The molecule has 2 aromatic heterocycles. The average Bonchev–Trinajstić information content (AvgIpc) is 3.10. The number of rotatable bonds is 7. The molecule has 0 fully saturated rings. The summed E-state index contributed by atoms with van der Waals surface area (Å²) in [6, 6.07) is 6.96. The number of carboxylic acid groups (broad SMARTS) is 1. The summed E-state index contributed by atoms with van der Waals surface area (Å²) in [5.74, 6) is -0.582. The average molecular weight is 330 g/mol. The third kappa shape index (κ3) is 3.48. The summed E-state index contributed by atoms with van der Waals surface area (Å²) < 4.78 is 5.29. The Morgan fingerprint density at radius 2 is 1.96 bits per heavy atom. The third-order valence-electron chi connectivity index (χ3n) is 4.50. The maximum atomic E-state index is 12.4. The number of aromatic nitrogens is 1. The summed E-state index contributed by atoms with van der Waals surface area (Å²) in [5.41, 5.74) is 0.702. The third-order valence-corrected chi connectivity index (χ3v) is 4.50. The van der Waals surface area contributed by atoms with Crippen LogP contribution in [0.2, 0.25) is 0 Å². The summed E-state index contributed by atoms with van der Waals surface area (Å²) in [5, 5.41) is 12.2. The van der Waals surface area contributed by atoms with Crippen LogP contribution in [0.15, 0.2) is 34.9 Å². The van der Waals surface area contributed by atoms with E-state index < -0.39 is 11.4 Å². The van der Waals surface area contributed by atoms with E-state index in [1.165, 1.54) is 0 Å². The highest BCUT2D eigenvalue weighted by atomic mass is 16.4. The van der Waals surface area contributed by atoms with Crippen molar-refractivity contribution in [1.29, 1.82) is 0 Å². The molecule has 0 aliphatic carbocycles. The summed E-state index contributed by atoms with van der Waals surface area (Å²) in [6.45, 7) is 5.46. The molecule has 0 spiro atoms. The van der Waals surface area contributed by atoms with Gasteiger partial charge >= 0.3 is 5.97 Å². The highest BCUT2D eigenvalue weighted by Crippen LogP contribution is 2.26. The summed E-state index contributed by atoms with van der Waals surface area (Å²) in [4.78, 5) is 28.3. The quantitative estimate of drug-likeness (QED) is 0.813. The van der Waals surface area contributed by atoms with Gasteiger partial charge in [0.15, 0.2) is 5.76 Å². The molecule has 6 nitrogen and oxygen atoms in total. The lowest BCUT2D eigenvalue weighted by Crippen LogP contribution is -2.42. The second-order valence-corrected chi connectivity index (χ2v) is 5.78. The first kappa shape index (κ1) is 17.7. The molecular weight excluding hydrogens is 308 g/mol. The molecule has 0 unspecified atom stereocenters. The topological polar surface area (TPSA) is 92.4 Å². The highest BCUT2D eigenvalue weighted by Gasteiger charge is 2.35. The molecule has 0 aliphatic heterocycles. The van der Waals surface area contributed by atoms with Gasteiger partial charge in [0.05, 0.1) is 22.9 Å². The minimum Gasteiger partial charge on any atom is -0.481 e. The number of amides is 1. The van der Waals surface area contributed by atoms with Crippen LogP contribution in [-0.4, -0.2) is 28.5 Å². The molecule has 2 N–H and O–H groups in total. The van der Waals surface area contributed by atoms with Crippen molar-refractivity contribution in [2.24, 2.45) is 5.41 Å². The van der Waals surface area contributed by atoms with Gasteiger partial charge in [-0.25, -0.2) is 4.98 Å². The van der Waals surface area contributed by atoms with Gasteiger partial charge in [-0.2, -0.15) is 0 Å². The van der Waals surface area contributed by atoms with E-state index >= 15 is 0 Å². The van der Waals surface area contributed by atoms with Crippen molar-refractivity contribution < 1.29 is 19.1 Å². The Bertz CT molecular complexity index is 719. The lowest BCUT2D eigenvalue weighted by molar-refractivity contribution is -0.149. The molecule has 0 saturated heterocycles. The second kappa shape index (κ2) is 7.29. The number of carbonyl (C=O) groups excluding carboxylic acids is 1. The number of nitrogens with one attached hydrogen (secondary N) is 1. The van der Waals surface area contributed by atoms with Gasteiger partial charge in [0.25, 0.3) is 5.91 Å². The standard InChI is InChI=1S/C18H22N2O4/c1-4-18(5-2,17(22)23)11-19-16(21)13-8-9-14(20-12(13)3)15-7-6-10-24-15/h6-10H,4-5,11H2,1-3H3,(H,19,21)(H,22,23). The molecule has 0 radical (unpaired) electrons. The maximum absolute atomic E-state index is 12.4. The number of carbonyl (C=O) groups is 2. The smallest absolute Gasteiger partial charge is 0.311 e. The van der Waals surface area contributed by atoms with E-state index in [9.17, 15) is 14.7 Å². The molecule has 1 amide bonds. The summed E-state index contributed by atoms with van der Waals surface area (Å²) >= 11 is 0. The van der Waals surface area contributed by atoms with Crippen molar-refractivity contribution in [3.63, 3.8) is 0 Å². The number of aryl methyl sites for hydroxylation is 1. The Hall–Kier alpha value is -2.63. The minimum atomic E-state index is -0.939. The molecule has 0 aliphatic rings. The number of nitrogens with zero attached hydrogens (tertiary/aromatic N) is 1. The fraction of sp³-hybridized carbons (Fsp3) is 0.389. The molecule has 6 heteroatoms. The molecule has 0 saturated carbocycles. The summed E-state index contributed by atoms with van der Waals surface area (Å²) in [6.07, 6.45) is 2.47. The normalized spacial score (nSPS) is 11.3. The fourth-order valence-electron chi connectivity index (χ4n) is 2.59. The van der Waals surface area contributed by atoms with Crippen LogP contribution in [0.25, 0.3) is 11.5 Å². The lowest BCUT2D eigenvalue weighted by Gasteiger charge is -2.26. The Kier molecular flexibility index (Phi) is 5.39. The Morgan fingerprint density at radius 1 is 1.25 bits per heavy atom. The van der Waals surface area contributed by atoms with Gasteiger partial charge < -0.3 is 14.8 Å². The first-order chi connectivity index (χ1) is 11.4. The Morgan fingerprint density at radius 3 is 2.46 bits per heavy atom. The molecule has 128 valence electrons. The van der Waals surface area contributed by atoms with E-state index in [2.05, 4.69) is 10.3 Å². The Labute approximate surface area is 140 Å². The number of pyridine rings is 1. The molecule has 0 aromatic carbocycles. The van der Waals surface area contributed by atoms with Crippen LogP contribution >= 0.6 is 0 Å². The van der Waals surface area contributed by atoms with Crippen LogP contribution < -0.4 is 5.32 Å². The van der Waals surface area contributed by atoms with Crippen LogP contribution in [0.3, 0.4) is 0 Å². The molecule has 2 heterocycles. The van der Waals surface area contributed by atoms with Crippen LogP contribution in [0.4, 0.5) is 0 Å². The van der Waals surface area contributed by atoms with E-state index in [4.69, 9.17) is 4.42 Å². The first-order valence-corrected chi connectivity index (χ1v) is 7.96. The number of hydrogen-bond acceptors (Lipinski definition) is 4. The van der Waals surface area contributed by atoms with Gasteiger partial charge in [-0.05, 0) is 44.0 Å². The number of hydrogen-bond donors (Lipinski definition) is 2. The molecule has 0 atom stereocenters. The molecular formula is C18H22N2O4.